The summed E-state index contributed by atoms with van der Waals surface area (Å²) in [6.45, 7) is 11.4. The molecule has 0 aromatic carbocycles. The Kier molecular flexibility index (Phi) is 5.59. The number of anilines is 1. The van der Waals surface area contributed by atoms with Gasteiger partial charge in [0.15, 0.2) is 0 Å². The van der Waals surface area contributed by atoms with Crippen LogP contribution >= 0.6 is 0 Å². The fraction of sp³-hybridized carbons (Fsp3) is 0.706. The van der Waals surface area contributed by atoms with E-state index in [0.29, 0.717) is 18.1 Å². The summed E-state index contributed by atoms with van der Waals surface area (Å²) in [7, 11) is 2.18. The fourth-order valence-corrected chi connectivity index (χ4v) is 2.94. The van der Waals surface area contributed by atoms with E-state index in [1.54, 1.807) is 0 Å². The first-order chi connectivity index (χ1) is 9.99. The number of rotatable bonds is 6. The molecule has 2 heterocycles. The highest BCUT2D eigenvalue weighted by Crippen LogP contribution is 2.27. The smallest absolute Gasteiger partial charge is 0.0750 e. The van der Waals surface area contributed by atoms with Gasteiger partial charge in [-0.3, -0.25) is 4.98 Å². The third-order valence-corrected chi connectivity index (χ3v) is 4.18. The summed E-state index contributed by atoms with van der Waals surface area (Å²) in [5.74, 6) is 0.660. The van der Waals surface area contributed by atoms with Crippen molar-refractivity contribution in [1.29, 1.82) is 0 Å². The Morgan fingerprint density at radius 1 is 1.48 bits per heavy atom. The summed E-state index contributed by atoms with van der Waals surface area (Å²) in [5, 5.41) is 3.52. The van der Waals surface area contributed by atoms with Gasteiger partial charge in [0.2, 0.25) is 0 Å². The Hall–Kier alpha value is -1.13. The lowest BCUT2D eigenvalue weighted by atomic mass is 10.1. The van der Waals surface area contributed by atoms with E-state index < -0.39 is 0 Å². The summed E-state index contributed by atoms with van der Waals surface area (Å²) in [6.07, 6.45) is 3.40. The lowest BCUT2D eigenvalue weighted by molar-refractivity contribution is 0.118. The molecule has 2 rings (SSSR count). The van der Waals surface area contributed by atoms with E-state index in [2.05, 4.69) is 56.0 Å². The molecule has 2 atom stereocenters. The van der Waals surface area contributed by atoms with Crippen LogP contribution in [0.25, 0.3) is 0 Å². The number of ether oxygens (including phenoxy) is 1. The molecule has 0 saturated carbocycles. The molecule has 1 aromatic heterocycles. The number of aromatic nitrogens is 1. The monoisotopic (exact) mass is 291 g/mol. The maximum absolute atomic E-state index is 5.72. The average molecular weight is 291 g/mol. The van der Waals surface area contributed by atoms with Crippen molar-refractivity contribution < 1.29 is 4.74 Å². The maximum atomic E-state index is 5.72. The molecule has 118 valence electrons. The summed E-state index contributed by atoms with van der Waals surface area (Å²) < 4.78 is 5.72. The summed E-state index contributed by atoms with van der Waals surface area (Å²) in [4.78, 5) is 6.84. The summed E-state index contributed by atoms with van der Waals surface area (Å²) >= 11 is 0. The second kappa shape index (κ2) is 7.23. The van der Waals surface area contributed by atoms with Crippen LogP contribution in [0.15, 0.2) is 12.3 Å². The van der Waals surface area contributed by atoms with Gasteiger partial charge in [0.1, 0.15) is 0 Å². The van der Waals surface area contributed by atoms with Gasteiger partial charge in [-0.1, -0.05) is 13.8 Å². The molecule has 1 aliphatic heterocycles. The van der Waals surface area contributed by atoms with Crippen LogP contribution in [0.1, 0.15) is 38.4 Å². The zero-order chi connectivity index (χ0) is 15.4. The molecule has 4 heteroatoms. The molecular weight excluding hydrogens is 262 g/mol. The number of aryl methyl sites for hydroxylation is 1. The average Bonchev–Trinajstić information content (AvgIpc) is 2.85. The van der Waals surface area contributed by atoms with Crippen molar-refractivity contribution in [2.24, 2.45) is 5.92 Å². The zero-order valence-electron chi connectivity index (χ0n) is 14.0. The van der Waals surface area contributed by atoms with Crippen LogP contribution in [0, 0.1) is 12.8 Å². The van der Waals surface area contributed by atoms with Gasteiger partial charge in [-0.2, -0.15) is 0 Å². The van der Waals surface area contributed by atoms with Crippen LogP contribution in [-0.4, -0.2) is 37.3 Å². The first-order valence-corrected chi connectivity index (χ1v) is 7.99. The minimum Gasteiger partial charge on any atom is -0.376 e. The van der Waals surface area contributed by atoms with Crippen molar-refractivity contribution in [2.45, 2.75) is 52.8 Å². The topological polar surface area (TPSA) is 37.4 Å². The van der Waals surface area contributed by atoms with Crippen LogP contribution < -0.4 is 10.2 Å². The van der Waals surface area contributed by atoms with Gasteiger partial charge in [0.25, 0.3) is 0 Å². The van der Waals surface area contributed by atoms with Crippen LogP contribution in [0.4, 0.5) is 5.69 Å². The molecule has 0 bridgehead atoms. The second-order valence-corrected chi connectivity index (χ2v) is 6.52. The minimum atomic E-state index is 0.292. The van der Waals surface area contributed by atoms with Gasteiger partial charge in [-0.05, 0) is 38.8 Å². The maximum Gasteiger partial charge on any atom is 0.0750 e. The Balaban J connectivity index is 2.14. The summed E-state index contributed by atoms with van der Waals surface area (Å²) in [5.41, 5.74) is 3.61. The van der Waals surface area contributed by atoms with Crippen molar-refractivity contribution in [3.05, 3.63) is 23.5 Å². The van der Waals surface area contributed by atoms with Crippen molar-refractivity contribution in [1.82, 2.24) is 10.3 Å². The molecule has 4 nitrogen and oxygen atoms in total. The van der Waals surface area contributed by atoms with E-state index in [9.17, 15) is 0 Å². The van der Waals surface area contributed by atoms with Crippen molar-refractivity contribution in [3.8, 4) is 0 Å². The lowest BCUT2D eigenvalue weighted by Crippen LogP contribution is -2.37. The minimum absolute atomic E-state index is 0.292. The zero-order valence-corrected chi connectivity index (χ0v) is 14.0. The van der Waals surface area contributed by atoms with E-state index >= 15 is 0 Å². The van der Waals surface area contributed by atoms with Crippen molar-refractivity contribution >= 4 is 5.69 Å². The van der Waals surface area contributed by atoms with Gasteiger partial charge in [-0.25, -0.2) is 0 Å². The first kappa shape index (κ1) is 16.2. The number of nitrogens with zero attached hydrogens (tertiary/aromatic N) is 2. The van der Waals surface area contributed by atoms with Crippen molar-refractivity contribution in [3.63, 3.8) is 0 Å². The molecule has 0 aliphatic carbocycles. The molecule has 1 saturated heterocycles. The molecule has 21 heavy (non-hydrogen) atoms. The Bertz CT molecular complexity index is 461. The molecule has 0 amide bonds. The predicted molar refractivity (Wildman–Crippen MR) is 87.7 cm³/mol. The number of hydrogen-bond donors (Lipinski definition) is 1. The highest BCUT2D eigenvalue weighted by Gasteiger charge is 2.29. The molecular formula is C17H29N3O. The SMILES string of the molecule is Cc1cc(N(C)C2CCOC2C)c(CNCC(C)C)cn1. The highest BCUT2D eigenvalue weighted by atomic mass is 16.5. The molecule has 1 N–H and O–H groups in total. The number of pyridine rings is 1. The molecule has 1 aliphatic rings. The molecule has 1 aromatic rings. The van der Waals surface area contributed by atoms with Gasteiger partial charge in [0.05, 0.1) is 12.1 Å². The van der Waals surface area contributed by atoms with Crippen LogP contribution in [-0.2, 0) is 11.3 Å². The van der Waals surface area contributed by atoms with Crippen LogP contribution in [0.2, 0.25) is 0 Å². The third kappa shape index (κ3) is 4.17. The number of likely N-dealkylation sites (N-methyl/N-ethyl adjacent to an activating group) is 1. The lowest BCUT2D eigenvalue weighted by Gasteiger charge is -2.31. The van der Waals surface area contributed by atoms with Crippen LogP contribution in [0.5, 0.6) is 0 Å². The molecule has 2 unspecified atom stereocenters. The second-order valence-electron chi connectivity index (χ2n) is 6.52. The van der Waals surface area contributed by atoms with Crippen molar-refractivity contribution in [2.75, 3.05) is 25.1 Å². The van der Waals surface area contributed by atoms with Gasteiger partial charge >= 0.3 is 0 Å². The van der Waals surface area contributed by atoms with E-state index in [1.165, 1.54) is 11.3 Å². The normalized spacial score (nSPS) is 22.0. The van der Waals surface area contributed by atoms with E-state index in [0.717, 1.165) is 31.8 Å². The van der Waals surface area contributed by atoms with E-state index in [-0.39, 0.29) is 0 Å². The van der Waals surface area contributed by atoms with Gasteiger partial charge in [-0.15, -0.1) is 0 Å². The van der Waals surface area contributed by atoms with Gasteiger partial charge < -0.3 is 15.0 Å². The quantitative estimate of drug-likeness (QED) is 0.874. The molecule has 1 fully saturated rings. The predicted octanol–water partition coefficient (Wildman–Crippen LogP) is 2.75. The largest absolute Gasteiger partial charge is 0.376 e. The number of nitrogens with one attached hydrogen (secondary N) is 1. The standard InChI is InChI=1S/C17H29N3O/c1-12(2)9-18-10-15-11-19-13(3)8-17(15)20(5)16-6-7-21-14(16)4/h8,11-12,14,16,18H,6-7,9-10H2,1-5H3. The van der Waals surface area contributed by atoms with E-state index in [4.69, 9.17) is 4.74 Å². The molecule has 0 radical (unpaired) electrons. The summed E-state index contributed by atoms with van der Waals surface area (Å²) in [6, 6.07) is 2.65. The fourth-order valence-electron chi connectivity index (χ4n) is 2.94. The molecule has 0 spiro atoms. The Labute approximate surface area is 128 Å². The first-order valence-electron chi connectivity index (χ1n) is 7.99. The highest BCUT2D eigenvalue weighted by molar-refractivity contribution is 5.54. The Morgan fingerprint density at radius 2 is 2.24 bits per heavy atom. The Morgan fingerprint density at radius 3 is 2.86 bits per heavy atom. The van der Waals surface area contributed by atoms with Gasteiger partial charge in [0, 0.05) is 43.3 Å². The number of hydrogen-bond acceptors (Lipinski definition) is 4. The van der Waals surface area contributed by atoms with E-state index in [1.807, 2.05) is 6.20 Å². The third-order valence-electron chi connectivity index (χ3n) is 4.18. The van der Waals surface area contributed by atoms with Crippen LogP contribution in [0.3, 0.4) is 0 Å².